The van der Waals surface area contributed by atoms with Crippen LogP contribution in [-0.2, 0) is 14.8 Å². The van der Waals surface area contributed by atoms with Crippen LogP contribution in [0.1, 0.15) is 11.1 Å². The van der Waals surface area contributed by atoms with Crippen LogP contribution in [0.4, 0.5) is 0 Å². The molecule has 0 bridgehead atoms. The predicted molar refractivity (Wildman–Crippen MR) is 123 cm³/mol. The van der Waals surface area contributed by atoms with Crippen LogP contribution >= 0.6 is 0 Å². The second kappa shape index (κ2) is 9.77. The zero-order valence-corrected chi connectivity index (χ0v) is 19.2. The number of aromatic hydroxyl groups is 1. The van der Waals surface area contributed by atoms with E-state index >= 15 is 0 Å². The number of phenolic OH excluding ortho intramolecular Hbond substituents is 1. The molecule has 2 aliphatic heterocycles. The highest BCUT2D eigenvalue weighted by Crippen LogP contribution is 2.35. The molecule has 0 aliphatic carbocycles. The number of nitrogens with one attached hydrogen (secondary N) is 1. The van der Waals surface area contributed by atoms with Gasteiger partial charge in [0.2, 0.25) is 0 Å². The van der Waals surface area contributed by atoms with E-state index in [0.29, 0.717) is 42.3 Å². The van der Waals surface area contributed by atoms with Crippen LogP contribution in [0.2, 0.25) is 0 Å². The van der Waals surface area contributed by atoms with Gasteiger partial charge in [0.1, 0.15) is 16.7 Å². The van der Waals surface area contributed by atoms with Crippen LogP contribution in [0, 0.1) is 0 Å². The Hall–Kier alpha value is -3.15. The monoisotopic (exact) mass is 474 g/mol. The molecule has 0 saturated carbocycles. The van der Waals surface area contributed by atoms with Gasteiger partial charge in [-0.1, -0.05) is 12.1 Å². The maximum atomic E-state index is 12.8. The highest BCUT2D eigenvalue weighted by atomic mass is 32.2. The molecule has 1 saturated heterocycles. The lowest BCUT2D eigenvalue weighted by Crippen LogP contribution is -2.48. The summed E-state index contributed by atoms with van der Waals surface area (Å²) in [7, 11) is -0.988. The van der Waals surface area contributed by atoms with E-state index in [2.05, 4.69) is 19.8 Å². The van der Waals surface area contributed by atoms with Gasteiger partial charge in [-0.25, -0.2) is 0 Å². The molecule has 10 nitrogen and oxygen atoms in total. The van der Waals surface area contributed by atoms with Gasteiger partial charge >= 0.3 is 0 Å². The van der Waals surface area contributed by atoms with Crippen LogP contribution in [0.3, 0.4) is 0 Å². The Balaban J connectivity index is 1.64. The van der Waals surface area contributed by atoms with Crippen molar-refractivity contribution in [2.24, 2.45) is 9.50 Å². The molecule has 1 fully saturated rings. The largest absolute Gasteiger partial charge is 0.504 e. The first kappa shape index (κ1) is 23.0. The predicted octanol–water partition coefficient (Wildman–Crippen LogP) is 1.23. The maximum Gasteiger partial charge on any atom is 0.287 e. The number of hydrogen-bond donors (Lipinski definition) is 2. The molecule has 0 aromatic heterocycles. The van der Waals surface area contributed by atoms with Crippen LogP contribution in [-0.4, -0.2) is 83.5 Å². The lowest BCUT2D eigenvalue weighted by molar-refractivity contribution is 0.0364. The van der Waals surface area contributed by atoms with Crippen LogP contribution in [0.15, 0.2) is 50.8 Å². The van der Waals surface area contributed by atoms with Crippen molar-refractivity contribution in [1.82, 2.24) is 10.3 Å². The minimum Gasteiger partial charge on any atom is -0.504 e. The van der Waals surface area contributed by atoms with E-state index in [-0.39, 0.29) is 16.4 Å². The lowest BCUT2D eigenvalue weighted by Gasteiger charge is -2.30. The Bertz CT molecular complexity index is 1180. The first-order valence-corrected chi connectivity index (χ1v) is 11.8. The fraction of sp³-hybridized carbons (Fsp3) is 0.364. The molecule has 0 spiro atoms. The molecule has 11 heteroatoms. The van der Waals surface area contributed by atoms with Crippen LogP contribution in [0.5, 0.6) is 17.2 Å². The third kappa shape index (κ3) is 4.95. The molecule has 2 N–H and O–H groups in total. The van der Waals surface area contributed by atoms with E-state index < -0.39 is 16.1 Å². The minimum absolute atomic E-state index is 0.0314. The average Bonchev–Trinajstić information content (AvgIpc) is 3.11. The molecule has 2 heterocycles. The minimum atomic E-state index is -3.89. The van der Waals surface area contributed by atoms with Crippen LogP contribution < -0.4 is 14.9 Å². The smallest absolute Gasteiger partial charge is 0.287 e. The molecular formula is C22H26N4O6S. The van der Waals surface area contributed by atoms with Gasteiger partial charge in [0.05, 0.1) is 39.4 Å². The highest BCUT2D eigenvalue weighted by Gasteiger charge is 2.36. The van der Waals surface area contributed by atoms with Crippen molar-refractivity contribution in [1.29, 1.82) is 0 Å². The Labute approximate surface area is 192 Å². The lowest BCUT2D eigenvalue weighted by atomic mass is 10.0. The van der Waals surface area contributed by atoms with Crippen LogP contribution in [0.25, 0.3) is 0 Å². The molecule has 0 radical (unpaired) electrons. The van der Waals surface area contributed by atoms with Crippen molar-refractivity contribution >= 4 is 21.9 Å². The molecule has 2 aliphatic rings. The average molecular weight is 475 g/mol. The zero-order valence-electron chi connectivity index (χ0n) is 18.4. The quantitative estimate of drug-likeness (QED) is 0.433. The van der Waals surface area contributed by atoms with E-state index in [1.807, 2.05) is 0 Å². The maximum absolute atomic E-state index is 12.8. The molecule has 1 unspecified atom stereocenters. The first-order chi connectivity index (χ1) is 15.9. The molecule has 4 rings (SSSR count). The fourth-order valence-corrected chi connectivity index (χ4v) is 5.26. The van der Waals surface area contributed by atoms with Gasteiger partial charge in [0.25, 0.3) is 10.0 Å². The second-order valence-electron chi connectivity index (χ2n) is 7.57. The fourth-order valence-electron chi connectivity index (χ4n) is 3.83. The number of hydrogen-bond acceptors (Lipinski definition) is 9. The van der Waals surface area contributed by atoms with E-state index in [1.54, 1.807) is 36.5 Å². The van der Waals surface area contributed by atoms with Gasteiger partial charge in [-0.3, -0.25) is 10.3 Å². The van der Waals surface area contributed by atoms with Gasteiger partial charge in [0.15, 0.2) is 11.5 Å². The van der Waals surface area contributed by atoms with Crippen molar-refractivity contribution in [3.8, 4) is 17.2 Å². The summed E-state index contributed by atoms with van der Waals surface area (Å²) in [5, 5.41) is 14.1. The number of fused-ring (bicyclic) bond motifs is 1. The number of benzene rings is 2. The van der Waals surface area contributed by atoms with E-state index in [9.17, 15) is 13.5 Å². The molecule has 0 amide bonds. The van der Waals surface area contributed by atoms with E-state index in [0.717, 1.165) is 13.1 Å². The Morgan fingerprint density at radius 3 is 2.70 bits per heavy atom. The van der Waals surface area contributed by atoms with Gasteiger partial charge in [-0.2, -0.15) is 17.9 Å². The normalized spacial score (nSPS) is 18.5. The number of phenols is 1. The summed E-state index contributed by atoms with van der Waals surface area (Å²) in [5.41, 5.74) is 4.66. The van der Waals surface area contributed by atoms with Crippen molar-refractivity contribution in [3.63, 3.8) is 0 Å². The van der Waals surface area contributed by atoms with Crippen molar-refractivity contribution < 1.29 is 27.7 Å². The van der Waals surface area contributed by atoms with Gasteiger partial charge in [-0.15, -0.1) is 0 Å². The Morgan fingerprint density at radius 2 is 1.97 bits per heavy atom. The molecule has 2 aromatic rings. The summed E-state index contributed by atoms with van der Waals surface area (Å²) < 4.78 is 45.6. The number of morpholine rings is 1. The summed E-state index contributed by atoms with van der Waals surface area (Å²) in [6, 6.07) is 9.43. The Kier molecular flexibility index (Phi) is 6.82. The summed E-state index contributed by atoms with van der Waals surface area (Å²) in [6.45, 7) is 3.16. The number of ether oxygens (including phenoxy) is 3. The number of rotatable bonds is 8. The summed E-state index contributed by atoms with van der Waals surface area (Å²) in [6.07, 6.45) is 1.57. The highest BCUT2D eigenvalue weighted by molar-refractivity contribution is 7.91. The van der Waals surface area contributed by atoms with Crippen molar-refractivity contribution in [2.75, 3.05) is 47.1 Å². The molecular weight excluding hydrogens is 448 g/mol. The third-order valence-corrected chi connectivity index (χ3v) is 6.85. The number of sulfonamides is 1. The molecule has 33 heavy (non-hydrogen) atoms. The number of methoxy groups -OCH3 is 2. The summed E-state index contributed by atoms with van der Waals surface area (Å²) in [4.78, 5) is 2.25. The number of hydrazone groups is 1. The summed E-state index contributed by atoms with van der Waals surface area (Å²) >= 11 is 0. The Morgan fingerprint density at radius 1 is 1.21 bits per heavy atom. The van der Waals surface area contributed by atoms with Crippen molar-refractivity contribution in [2.45, 2.75) is 10.9 Å². The molecule has 2 aromatic carbocycles. The van der Waals surface area contributed by atoms with Gasteiger partial charge < -0.3 is 19.3 Å². The van der Waals surface area contributed by atoms with Crippen molar-refractivity contribution in [3.05, 3.63) is 47.5 Å². The molecule has 176 valence electrons. The zero-order chi connectivity index (χ0) is 23.4. The first-order valence-electron chi connectivity index (χ1n) is 10.4. The topological polar surface area (TPSA) is 122 Å². The molecule has 1 atom stereocenters. The van der Waals surface area contributed by atoms with E-state index in [1.165, 1.54) is 20.3 Å². The third-order valence-electron chi connectivity index (χ3n) is 5.47. The van der Waals surface area contributed by atoms with Gasteiger partial charge in [-0.05, 0) is 29.8 Å². The standard InChI is InChI=1S/C22H26N4O6S/c1-30-19-5-3-4-16-21(25-33(28,29)22(16)19)17(14-26-8-10-32-11-9-26)24-23-13-15-6-7-18(27)20(12-15)31-2/h3-7,12-13,17,24,27H,8-11,14H2,1-2H3/b23-13+. The second-order valence-corrected chi connectivity index (χ2v) is 9.11. The SMILES string of the molecule is COc1cc(/C=N/NC(CN2CCOCC2)C2=NS(=O)(=O)c3c(OC)cccc32)ccc1O. The van der Waals surface area contributed by atoms with Gasteiger partial charge in [0, 0.05) is 25.2 Å². The number of nitrogens with zero attached hydrogens (tertiary/aromatic N) is 3. The summed E-state index contributed by atoms with van der Waals surface area (Å²) in [5.74, 6) is 0.621. The van der Waals surface area contributed by atoms with E-state index in [4.69, 9.17) is 14.2 Å².